The van der Waals surface area contributed by atoms with E-state index in [-0.39, 0.29) is 42.3 Å². The third-order valence-corrected chi connectivity index (χ3v) is 16.1. The highest BCUT2D eigenvalue weighted by atomic mass is 28.3. The normalized spacial score (nSPS) is 24.0. The minimum Gasteiger partial charge on any atom is -0.497 e. The van der Waals surface area contributed by atoms with Crippen LogP contribution in [0, 0.1) is 5.92 Å². The molecule has 270 valence electrons. The first-order chi connectivity index (χ1) is 25.1. The largest absolute Gasteiger partial charge is 0.497 e. The number of rotatable bonds is 11. The maximum absolute atomic E-state index is 15.3. The Labute approximate surface area is 306 Å². The van der Waals surface area contributed by atoms with Gasteiger partial charge in [-0.15, -0.1) is 0 Å². The fourth-order valence-electron chi connectivity index (χ4n) is 9.08. The minimum atomic E-state index is -2.51. The molecule has 1 N–H and O–H groups in total. The number of nitrogens with zero attached hydrogens (tertiary/aromatic N) is 3. The van der Waals surface area contributed by atoms with Gasteiger partial charge in [0.25, 0.3) is 5.91 Å². The maximum atomic E-state index is 15.3. The first-order valence-electron chi connectivity index (χ1n) is 18.2. The molecule has 0 aliphatic carbocycles. The van der Waals surface area contributed by atoms with Gasteiger partial charge in [0.15, 0.2) is 5.60 Å². The summed E-state index contributed by atoms with van der Waals surface area (Å²) in [5.41, 5.74) is 2.19. The molecule has 3 aliphatic rings. The fourth-order valence-corrected chi connectivity index (χ4v) is 13.1. The third kappa shape index (κ3) is 6.02. The van der Waals surface area contributed by atoms with Crippen molar-refractivity contribution in [2.24, 2.45) is 5.92 Å². The van der Waals surface area contributed by atoms with E-state index in [0.29, 0.717) is 30.0 Å². The number of benzene rings is 4. The molecular formula is C42H47N3O6Si. The Hall–Kier alpha value is -4.77. The van der Waals surface area contributed by atoms with E-state index in [9.17, 15) is 14.7 Å². The monoisotopic (exact) mass is 717 g/mol. The number of hydrogen-bond donors (Lipinski definition) is 1. The quantitative estimate of drug-likeness (QED) is 0.148. The number of hydrogen-bond acceptors (Lipinski definition) is 6. The predicted molar refractivity (Wildman–Crippen MR) is 205 cm³/mol. The van der Waals surface area contributed by atoms with Crippen LogP contribution in [0.15, 0.2) is 103 Å². The number of fused-ring (bicyclic) bond motifs is 2. The molecule has 5 atom stereocenters. The number of ether oxygens (including phenoxy) is 2. The van der Waals surface area contributed by atoms with Gasteiger partial charge in [0.05, 0.1) is 52.6 Å². The highest BCUT2D eigenvalue weighted by molar-refractivity contribution is 6.91. The van der Waals surface area contributed by atoms with E-state index in [1.54, 1.807) is 16.9 Å². The Morgan fingerprint density at radius 3 is 2.35 bits per heavy atom. The average Bonchev–Trinajstić information content (AvgIpc) is 3.83. The van der Waals surface area contributed by atoms with Crippen molar-refractivity contribution in [3.05, 3.63) is 114 Å². The average molecular weight is 718 g/mol. The summed E-state index contributed by atoms with van der Waals surface area (Å²) in [5, 5.41) is 11.3. The molecular weight excluding hydrogens is 671 g/mol. The molecule has 7 rings (SSSR count). The standard InChI is InChI=1S/C42H47N3O6Si/c1-29-40(52(3,4)35-20-18-34(50-2)19-21-35)38(25-39(48)43-23-11-16-33(43)27-46)51-42(29)36-24-32(45(28-47)31-14-9-6-10-15-31)17-22-37(36)44(41(42)49)26-30-12-7-5-8-13-30/h5-10,12-15,17-22,24,28-29,33,38,40,46H,11,16,23,25-27H2,1-4H3/t29-,33-,38+,40-,42+/m0/s1. The number of carbonyl (C=O) groups is 3. The summed E-state index contributed by atoms with van der Waals surface area (Å²) in [6, 6.07) is 33.0. The van der Waals surface area contributed by atoms with Crippen LogP contribution in [-0.4, -0.2) is 68.7 Å². The number of aliphatic hydroxyl groups excluding tert-OH is 1. The molecule has 0 aromatic heterocycles. The van der Waals surface area contributed by atoms with Crippen molar-refractivity contribution in [1.29, 1.82) is 0 Å². The predicted octanol–water partition coefficient (Wildman–Crippen LogP) is 6.13. The smallest absolute Gasteiger partial charge is 0.264 e. The van der Waals surface area contributed by atoms with Gasteiger partial charge in [0.2, 0.25) is 12.3 Å². The Kier molecular flexibility index (Phi) is 9.82. The number of carbonyl (C=O) groups excluding carboxylic acids is 3. The maximum Gasteiger partial charge on any atom is 0.264 e. The lowest BCUT2D eigenvalue weighted by molar-refractivity contribution is -0.150. The molecule has 10 heteroatoms. The van der Waals surface area contributed by atoms with E-state index in [2.05, 4.69) is 32.2 Å². The number of amides is 3. The molecule has 4 aromatic rings. The molecule has 0 bridgehead atoms. The Morgan fingerprint density at radius 1 is 1.00 bits per heavy atom. The summed E-state index contributed by atoms with van der Waals surface area (Å²) in [5.74, 6) is 0.206. The summed E-state index contributed by atoms with van der Waals surface area (Å²) in [6.07, 6.45) is 1.93. The third-order valence-electron chi connectivity index (χ3n) is 11.7. The Balaban J connectivity index is 1.37. The number of para-hydroxylation sites is 1. The molecule has 0 saturated carbocycles. The van der Waals surface area contributed by atoms with Crippen molar-refractivity contribution in [2.75, 3.05) is 30.1 Å². The van der Waals surface area contributed by atoms with Crippen molar-refractivity contribution in [3.63, 3.8) is 0 Å². The van der Waals surface area contributed by atoms with E-state index in [4.69, 9.17) is 9.47 Å². The van der Waals surface area contributed by atoms with Crippen LogP contribution in [0.3, 0.4) is 0 Å². The molecule has 3 aliphatic heterocycles. The number of anilines is 3. The molecule has 0 radical (unpaired) electrons. The zero-order chi connectivity index (χ0) is 36.6. The van der Waals surface area contributed by atoms with E-state index in [1.165, 1.54) is 5.19 Å². The van der Waals surface area contributed by atoms with E-state index >= 15 is 4.79 Å². The second-order valence-corrected chi connectivity index (χ2v) is 19.5. The van der Waals surface area contributed by atoms with Crippen molar-refractivity contribution < 1.29 is 29.0 Å². The summed E-state index contributed by atoms with van der Waals surface area (Å²) in [7, 11) is -0.865. The van der Waals surface area contributed by atoms with E-state index in [0.717, 1.165) is 36.3 Å². The minimum absolute atomic E-state index is 0.0629. The van der Waals surface area contributed by atoms with Gasteiger partial charge in [-0.1, -0.05) is 85.9 Å². The van der Waals surface area contributed by atoms with Crippen LogP contribution in [0.25, 0.3) is 0 Å². The molecule has 4 aromatic carbocycles. The van der Waals surface area contributed by atoms with Crippen LogP contribution in [-0.2, 0) is 31.3 Å². The summed E-state index contributed by atoms with van der Waals surface area (Å²) >= 11 is 0. The molecule has 1 spiro atoms. The van der Waals surface area contributed by atoms with Crippen LogP contribution >= 0.6 is 0 Å². The molecule has 3 amide bonds. The molecule has 2 saturated heterocycles. The zero-order valence-electron chi connectivity index (χ0n) is 30.3. The van der Waals surface area contributed by atoms with Gasteiger partial charge in [0, 0.05) is 29.4 Å². The highest BCUT2D eigenvalue weighted by Gasteiger charge is 2.66. The van der Waals surface area contributed by atoms with Gasteiger partial charge in [-0.25, -0.2) is 0 Å². The van der Waals surface area contributed by atoms with Crippen LogP contribution in [0.4, 0.5) is 17.1 Å². The molecule has 9 nitrogen and oxygen atoms in total. The van der Waals surface area contributed by atoms with Crippen LogP contribution < -0.4 is 19.7 Å². The molecule has 2 fully saturated rings. The SMILES string of the molecule is COc1ccc([Si](C)(C)[C@@H]2[C@@H](CC(=O)N3CCC[C@H]3CO)O[C@]3(C(=O)N(Cc4ccccc4)c4ccc(N(C=O)c5ccccc5)cc43)[C@H]2C)cc1. The Morgan fingerprint density at radius 2 is 1.69 bits per heavy atom. The molecule has 3 heterocycles. The lowest BCUT2D eigenvalue weighted by Crippen LogP contribution is -2.52. The summed E-state index contributed by atoms with van der Waals surface area (Å²) in [4.78, 5) is 47.3. The lowest BCUT2D eigenvalue weighted by Gasteiger charge is -2.37. The van der Waals surface area contributed by atoms with Gasteiger partial charge < -0.3 is 24.4 Å². The van der Waals surface area contributed by atoms with E-state index < -0.39 is 19.8 Å². The second kappa shape index (κ2) is 14.3. The van der Waals surface area contributed by atoms with Gasteiger partial charge in [-0.05, 0) is 66.4 Å². The summed E-state index contributed by atoms with van der Waals surface area (Å²) < 4.78 is 12.8. The lowest BCUT2D eigenvalue weighted by atomic mass is 9.82. The second-order valence-electron chi connectivity index (χ2n) is 14.8. The van der Waals surface area contributed by atoms with Crippen molar-refractivity contribution in [1.82, 2.24) is 4.90 Å². The number of aliphatic hydroxyl groups is 1. The van der Waals surface area contributed by atoms with Gasteiger partial charge >= 0.3 is 0 Å². The van der Waals surface area contributed by atoms with Crippen LogP contribution in [0.2, 0.25) is 18.6 Å². The fraction of sp³-hybridized carbons (Fsp3) is 0.357. The van der Waals surface area contributed by atoms with Crippen molar-refractivity contribution >= 4 is 48.5 Å². The van der Waals surface area contributed by atoms with E-state index in [1.807, 2.05) is 95.9 Å². The Bertz CT molecular complexity index is 1920. The van der Waals surface area contributed by atoms with Gasteiger partial charge in [-0.3, -0.25) is 19.3 Å². The molecule has 0 unspecified atom stereocenters. The van der Waals surface area contributed by atoms with Crippen LogP contribution in [0.5, 0.6) is 5.75 Å². The van der Waals surface area contributed by atoms with Crippen molar-refractivity contribution in [3.8, 4) is 5.75 Å². The van der Waals surface area contributed by atoms with Gasteiger partial charge in [0.1, 0.15) is 5.75 Å². The van der Waals surface area contributed by atoms with Gasteiger partial charge in [-0.2, -0.15) is 0 Å². The summed E-state index contributed by atoms with van der Waals surface area (Å²) in [6.45, 7) is 7.56. The highest BCUT2D eigenvalue weighted by Crippen LogP contribution is 2.60. The first kappa shape index (κ1) is 35.6. The van der Waals surface area contributed by atoms with Crippen LogP contribution in [0.1, 0.15) is 37.3 Å². The molecule has 52 heavy (non-hydrogen) atoms. The number of methoxy groups -OCH3 is 1. The first-order valence-corrected chi connectivity index (χ1v) is 21.2. The van der Waals surface area contributed by atoms with Crippen molar-refractivity contribution in [2.45, 2.75) is 69.1 Å². The topological polar surface area (TPSA) is 99.6 Å². The number of likely N-dealkylation sites (tertiary alicyclic amines) is 1. The zero-order valence-corrected chi connectivity index (χ0v) is 31.3.